The Balaban J connectivity index is 1.49. The van der Waals surface area contributed by atoms with Crippen LogP contribution in [-0.4, -0.2) is 23.9 Å². The average molecular weight is 366 g/mol. The van der Waals surface area contributed by atoms with Crippen molar-refractivity contribution in [1.82, 2.24) is 10.6 Å². The molecule has 0 aliphatic carbocycles. The van der Waals surface area contributed by atoms with Crippen LogP contribution in [0.1, 0.15) is 17.2 Å². The normalized spacial score (nSPS) is 11.9. The summed E-state index contributed by atoms with van der Waals surface area (Å²) in [6.45, 7) is 0.613. The molecule has 0 bridgehead atoms. The Kier molecular flexibility index (Phi) is 6.15. The molecule has 0 spiro atoms. The van der Waals surface area contributed by atoms with Crippen LogP contribution in [0.25, 0.3) is 10.8 Å². The number of rotatable bonds is 6. The zero-order valence-corrected chi connectivity index (χ0v) is 15.4. The third kappa shape index (κ3) is 4.77. The van der Waals surface area contributed by atoms with E-state index in [0.29, 0.717) is 6.54 Å². The molecule has 3 aromatic carbocycles. The first-order valence-electron chi connectivity index (χ1n) is 8.47. The lowest BCUT2D eigenvalue weighted by atomic mass is 10.0. The predicted octanol–water partition coefficient (Wildman–Crippen LogP) is 4.09. The minimum absolute atomic E-state index is 0.162. The first-order chi connectivity index (χ1) is 12.7. The van der Waals surface area contributed by atoms with Gasteiger partial charge in [0.15, 0.2) is 0 Å². The molecule has 2 amide bonds. The Morgan fingerprint density at radius 3 is 2.46 bits per heavy atom. The molecular weight excluding hydrogens is 344 g/mol. The minimum atomic E-state index is -0.744. The molecule has 4 nitrogen and oxygen atoms in total. The summed E-state index contributed by atoms with van der Waals surface area (Å²) >= 11 is 1.68. The summed E-state index contributed by atoms with van der Waals surface area (Å²) in [4.78, 5) is 13.1. The number of amides is 2. The molecule has 134 valence electrons. The Labute approximate surface area is 157 Å². The highest BCUT2D eigenvalue weighted by molar-refractivity contribution is 7.98. The molecule has 0 fully saturated rings. The number of aliphatic hydroxyl groups is 1. The van der Waals surface area contributed by atoms with E-state index < -0.39 is 6.10 Å². The third-order valence-electron chi connectivity index (χ3n) is 4.23. The van der Waals surface area contributed by atoms with Gasteiger partial charge in [-0.05, 0) is 46.4 Å². The van der Waals surface area contributed by atoms with E-state index in [-0.39, 0.29) is 12.6 Å². The number of urea groups is 1. The van der Waals surface area contributed by atoms with Crippen molar-refractivity contribution in [2.45, 2.75) is 17.5 Å². The molecule has 0 saturated carbocycles. The second-order valence-electron chi connectivity index (χ2n) is 6.03. The first kappa shape index (κ1) is 18.3. The number of carbonyl (C=O) groups is 1. The van der Waals surface area contributed by atoms with Crippen LogP contribution in [0.5, 0.6) is 0 Å². The van der Waals surface area contributed by atoms with Crippen LogP contribution in [0, 0.1) is 0 Å². The topological polar surface area (TPSA) is 61.4 Å². The summed E-state index contributed by atoms with van der Waals surface area (Å²) < 4.78 is 0. The molecule has 3 rings (SSSR count). The summed E-state index contributed by atoms with van der Waals surface area (Å²) in [5.41, 5.74) is 1.82. The Hall–Kier alpha value is -2.50. The Morgan fingerprint density at radius 1 is 1.00 bits per heavy atom. The van der Waals surface area contributed by atoms with Gasteiger partial charge in [-0.2, -0.15) is 0 Å². The van der Waals surface area contributed by atoms with Gasteiger partial charge in [0, 0.05) is 18.0 Å². The molecule has 0 aliphatic heterocycles. The van der Waals surface area contributed by atoms with Gasteiger partial charge < -0.3 is 15.7 Å². The van der Waals surface area contributed by atoms with Crippen molar-refractivity contribution in [3.05, 3.63) is 77.9 Å². The molecule has 0 heterocycles. The molecule has 0 aliphatic rings. The smallest absolute Gasteiger partial charge is 0.315 e. The first-order valence-corrected chi connectivity index (χ1v) is 9.69. The zero-order chi connectivity index (χ0) is 18.4. The van der Waals surface area contributed by atoms with Gasteiger partial charge in [0.25, 0.3) is 0 Å². The van der Waals surface area contributed by atoms with Gasteiger partial charge in [-0.1, -0.05) is 48.5 Å². The van der Waals surface area contributed by atoms with E-state index in [1.54, 1.807) is 11.8 Å². The second-order valence-corrected chi connectivity index (χ2v) is 6.91. The molecule has 3 N–H and O–H groups in total. The monoisotopic (exact) mass is 366 g/mol. The maximum Gasteiger partial charge on any atom is 0.315 e. The summed E-state index contributed by atoms with van der Waals surface area (Å²) in [5, 5.41) is 18.0. The molecule has 1 atom stereocenters. The van der Waals surface area contributed by atoms with E-state index >= 15 is 0 Å². The fourth-order valence-electron chi connectivity index (χ4n) is 2.71. The molecule has 0 saturated heterocycles. The molecule has 5 heteroatoms. The van der Waals surface area contributed by atoms with Gasteiger partial charge in [0.2, 0.25) is 0 Å². The van der Waals surface area contributed by atoms with Crippen molar-refractivity contribution >= 4 is 28.6 Å². The lowest BCUT2D eigenvalue weighted by Crippen LogP contribution is -2.37. The van der Waals surface area contributed by atoms with Crippen molar-refractivity contribution in [3.63, 3.8) is 0 Å². The third-order valence-corrected chi connectivity index (χ3v) is 4.97. The number of benzene rings is 3. The number of fused-ring (bicyclic) bond motifs is 1. The zero-order valence-electron chi connectivity index (χ0n) is 14.6. The Bertz CT molecular complexity index is 881. The molecule has 0 aromatic heterocycles. The highest BCUT2D eigenvalue weighted by Gasteiger charge is 2.10. The van der Waals surface area contributed by atoms with Crippen molar-refractivity contribution in [1.29, 1.82) is 0 Å². The number of nitrogens with one attached hydrogen (secondary N) is 2. The molecule has 3 aromatic rings. The van der Waals surface area contributed by atoms with Crippen LogP contribution in [0.4, 0.5) is 4.79 Å². The number of aliphatic hydroxyl groups excluding tert-OH is 1. The summed E-state index contributed by atoms with van der Waals surface area (Å²) in [6, 6.07) is 21.6. The predicted molar refractivity (Wildman–Crippen MR) is 107 cm³/mol. The number of hydrogen-bond donors (Lipinski definition) is 3. The second kappa shape index (κ2) is 8.74. The van der Waals surface area contributed by atoms with Crippen molar-refractivity contribution in [2.24, 2.45) is 0 Å². The Morgan fingerprint density at radius 2 is 1.73 bits per heavy atom. The van der Waals surface area contributed by atoms with Crippen LogP contribution < -0.4 is 10.6 Å². The van der Waals surface area contributed by atoms with Crippen molar-refractivity contribution < 1.29 is 9.90 Å². The van der Waals surface area contributed by atoms with E-state index in [4.69, 9.17) is 0 Å². The number of carbonyl (C=O) groups excluding carboxylic acids is 1. The fourth-order valence-corrected chi connectivity index (χ4v) is 3.12. The summed E-state index contributed by atoms with van der Waals surface area (Å²) in [6.07, 6.45) is 1.29. The van der Waals surface area contributed by atoms with Gasteiger partial charge in [0.05, 0.1) is 6.10 Å². The fraction of sp³-hybridized carbons (Fsp3) is 0.190. The number of hydrogen-bond acceptors (Lipinski definition) is 3. The maximum absolute atomic E-state index is 12.0. The summed E-state index contributed by atoms with van der Waals surface area (Å²) in [5.74, 6) is 0. The molecular formula is C21H22N2O2S. The summed E-state index contributed by atoms with van der Waals surface area (Å²) in [7, 11) is 0. The highest BCUT2D eigenvalue weighted by Crippen LogP contribution is 2.20. The maximum atomic E-state index is 12.0. The van der Waals surface area contributed by atoms with Gasteiger partial charge >= 0.3 is 6.03 Å². The largest absolute Gasteiger partial charge is 0.387 e. The molecule has 0 radical (unpaired) electrons. The minimum Gasteiger partial charge on any atom is -0.387 e. The molecule has 1 unspecified atom stereocenters. The van der Waals surface area contributed by atoms with Gasteiger partial charge in [-0.25, -0.2) is 4.79 Å². The quantitative estimate of drug-likeness (QED) is 0.576. The lowest BCUT2D eigenvalue weighted by Gasteiger charge is -2.14. The van der Waals surface area contributed by atoms with Crippen LogP contribution >= 0.6 is 11.8 Å². The van der Waals surface area contributed by atoms with Crippen LogP contribution in [0.15, 0.2) is 71.6 Å². The van der Waals surface area contributed by atoms with E-state index in [0.717, 1.165) is 21.9 Å². The van der Waals surface area contributed by atoms with Crippen LogP contribution in [0.2, 0.25) is 0 Å². The van der Waals surface area contributed by atoms with Crippen molar-refractivity contribution in [2.75, 3.05) is 12.8 Å². The van der Waals surface area contributed by atoms with Gasteiger partial charge in [-0.3, -0.25) is 0 Å². The van der Waals surface area contributed by atoms with E-state index in [1.165, 1.54) is 4.90 Å². The standard InChI is InChI=1S/C21H22N2O2S/c1-26-19-10-6-15(7-11-19)13-22-21(25)23-14-20(24)18-9-8-16-4-2-3-5-17(16)12-18/h2-12,20,24H,13-14H2,1H3,(H2,22,23,25). The van der Waals surface area contributed by atoms with Crippen LogP contribution in [0.3, 0.4) is 0 Å². The van der Waals surface area contributed by atoms with Gasteiger partial charge in [-0.15, -0.1) is 11.8 Å². The van der Waals surface area contributed by atoms with E-state index in [2.05, 4.69) is 10.6 Å². The van der Waals surface area contributed by atoms with E-state index in [9.17, 15) is 9.90 Å². The SMILES string of the molecule is CSc1ccc(CNC(=O)NCC(O)c2ccc3ccccc3c2)cc1. The highest BCUT2D eigenvalue weighted by atomic mass is 32.2. The van der Waals surface area contributed by atoms with E-state index in [1.807, 2.05) is 73.0 Å². The van der Waals surface area contributed by atoms with Crippen LogP contribution in [-0.2, 0) is 6.54 Å². The lowest BCUT2D eigenvalue weighted by molar-refractivity contribution is 0.173. The number of thioether (sulfide) groups is 1. The molecule has 26 heavy (non-hydrogen) atoms. The average Bonchev–Trinajstić information content (AvgIpc) is 2.70. The van der Waals surface area contributed by atoms with Crippen molar-refractivity contribution in [3.8, 4) is 0 Å². The van der Waals surface area contributed by atoms with Gasteiger partial charge in [0.1, 0.15) is 0 Å².